The van der Waals surface area contributed by atoms with Gasteiger partial charge in [-0.25, -0.2) is 8.42 Å². The highest BCUT2D eigenvalue weighted by Gasteiger charge is 2.26. The van der Waals surface area contributed by atoms with Gasteiger partial charge in [-0.3, -0.25) is 0 Å². The monoisotopic (exact) mass is 750 g/mol. The van der Waals surface area contributed by atoms with Crippen LogP contribution in [0.1, 0.15) is 61.0 Å². The topological polar surface area (TPSA) is 64.7 Å². The van der Waals surface area contributed by atoms with Gasteiger partial charge in [0.05, 0.1) is 11.5 Å². The Morgan fingerprint density at radius 2 is 0.945 bits per heavy atom. The molecule has 0 unspecified atom stereocenters. The van der Waals surface area contributed by atoms with E-state index in [0.717, 1.165) is 50.1 Å². The molecule has 6 nitrogen and oxygen atoms in total. The van der Waals surface area contributed by atoms with Crippen molar-refractivity contribution >= 4 is 42.8 Å². The average molecular weight is 751 g/mol. The van der Waals surface area contributed by atoms with Crippen LogP contribution < -0.4 is 20.4 Å². The molecule has 0 radical (unpaired) electrons. The Bertz CT molecular complexity index is 2160. The molecule has 2 N–H and O–H groups in total. The van der Waals surface area contributed by atoms with Gasteiger partial charge in [-0.05, 0) is 108 Å². The van der Waals surface area contributed by atoms with E-state index in [1.54, 1.807) is 0 Å². The summed E-state index contributed by atoms with van der Waals surface area (Å²) in [7, 11) is -3.18. The molecule has 0 spiro atoms. The minimum atomic E-state index is -3.18. The molecule has 0 aliphatic carbocycles. The van der Waals surface area contributed by atoms with Crippen molar-refractivity contribution in [1.82, 2.24) is 10.6 Å². The number of aryl methyl sites for hydroxylation is 2. The van der Waals surface area contributed by atoms with Crippen molar-refractivity contribution in [3.63, 3.8) is 0 Å². The molecule has 0 aromatic heterocycles. The molecule has 284 valence electrons. The quantitative estimate of drug-likeness (QED) is 0.116. The van der Waals surface area contributed by atoms with E-state index in [9.17, 15) is 8.42 Å². The molecule has 4 atom stereocenters. The lowest BCUT2D eigenvalue weighted by Crippen LogP contribution is -2.34. The van der Waals surface area contributed by atoms with Gasteiger partial charge in [-0.1, -0.05) is 109 Å². The summed E-state index contributed by atoms with van der Waals surface area (Å²) in [4.78, 5) is 4.87. The Morgan fingerprint density at radius 3 is 1.38 bits per heavy atom. The standard InChI is InChI=1S/C48H54N4O2S/c1-35(45-15-7-11-39-9-3-5-13-47(39)45)49-41-25-29-51(33-41)43-21-17-37(18-22-43)27-31-55(53,54)32-28-38-19-23-44(24-20-38)52-30-26-42(34-52)50-36(2)46-16-8-12-40-10-4-6-14-48(40)46/h3-24,35-36,41-42,49-50H,25-34H2,1-2H3/t35-,36-,41+,42+/m1/s1. The molecule has 6 aromatic carbocycles. The van der Waals surface area contributed by atoms with Gasteiger partial charge in [0.1, 0.15) is 0 Å². The molecule has 2 heterocycles. The first kappa shape index (κ1) is 37.2. The van der Waals surface area contributed by atoms with Crippen molar-refractivity contribution in [1.29, 1.82) is 0 Å². The van der Waals surface area contributed by atoms with E-state index < -0.39 is 9.84 Å². The molecule has 8 rings (SSSR count). The summed E-state index contributed by atoms with van der Waals surface area (Å²) in [5.74, 6) is 0.344. The van der Waals surface area contributed by atoms with E-state index in [4.69, 9.17) is 0 Å². The normalized spacial score (nSPS) is 18.7. The first-order valence-electron chi connectivity index (χ1n) is 20.1. The van der Waals surface area contributed by atoms with Gasteiger partial charge in [0.2, 0.25) is 0 Å². The molecule has 2 aliphatic rings. The van der Waals surface area contributed by atoms with E-state index in [1.807, 2.05) is 0 Å². The van der Waals surface area contributed by atoms with Crippen molar-refractivity contribution in [2.45, 2.75) is 63.7 Å². The SMILES string of the molecule is C[C@@H](N[C@H]1CCN(c2ccc(CCS(=O)(=O)CCc3ccc(N4CC[C@H](N[C@H](C)c5cccc6ccccc56)C4)cc3)cc2)C1)c1cccc2ccccc12. The number of hydrogen-bond acceptors (Lipinski definition) is 6. The summed E-state index contributed by atoms with van der Waals surface area (Å²) in [5, 5.41) is 12.9. The third-order valence-corrected chi connectivity index (χ3v) is 13.6. The zero-order valence-corrected chi connectivity index (χ0v) is 33.0. The molecule has 2 saturated heterocycles. The Morgan fingerprint density at radius 1 is 0.545 bits per heavy atom. The van der Waals surface area contributed by atoms with Crippen LogP contribution >= 0.6 is 0 Å². The van der Waals surface area contributed by atoms with Gasteiger partial charge < -0.3 is 20.4 Å². The minimum absolute atomic E-state index is 0.172. The first-order chi connectivity index (χ1) is 26.8. The number of sulfone groups is 1. The van der Waals surface area contributed by atoms with Crippen LogP contribution in [0.4, 0.5) is 11.4 Å². The summed E-state index contributed by atoms with van der Waals surface area (Å²) in [5.41, 5.74) is 7.23. The molecular weight excluding hydrogens is 697 g/mol. The molecule has 0 saturated carbocycles. The van der Waals surface area contributed by atoms with Crippen molar-refractivity contribution in [2.75, 3.05) is 47.5 Å². The maximum absolute atomic E-state index is 13.1. The maximum atomic E-state index is 13.1. The zero-order chi connectivity index (χ0) is 37.8. The number of fused-ring (bicyclic) bond motifs is 2. The van der Waals surface area contributed by atoms with Gasteiger partial charge >= 0.3 is 0 Å². The number of benzene rings is 6. The summed E-state index contributed by atoms with van der Waals surface area (Å²) >= 11 is 0. The van der Waals surface area contributed by atoms with Gasteiger partial charge in [-0.2, -0.15) is 0 Å². The molecule has 55 heavy (non-hydrogen) atoms. The lowest BCUT2D eigenvalue weighted by Gasteiger charge is -2.23. The average Bonchev–Trinajstić information content (AvgIpc) is 3.89. The van der Waals surface area contributed by atoms with E-state index in [2.05, 4.69) is 168 Å². The molecule has 2 fully saturated rings. The third kappa shape index (κ3) is 8.91. The number of hydrogen-bond donors (Lipinski definition) is 2. The third-order valence-electron chi connectivity index (χ3n) is 11.9. The van der Waals surface area contributed by atoms with Crippen LogP contribution in [0.3, 0.4) is 0 Å². The largest absolute Gasteiger partial charge is 0.370 e. The Hall–Kier alpha value is -4.69. The van der Waals surface area contributed by atoms with Crippen LogP contribution in [-0.4, -0.2) is 58.2 Å². The molecule has 0 bridgehead atoms. The van der Waals surface area contributed by atoms with Crippen LogP contribution in [0.15, 0.2) is 133 Å². The summed E-state index contributed by atoms with van der Waals surface area (Å²) < 4.78 is 26.2. The maximum Gasteiger partial charge on any atom is 0.150 e. The second-order valence-corrected chi connectivity index (χ2v) is 18.1. The van der Waals surface area contributed by atoms with Crippen LogP contribution in [0.25, 0.3) is 21.5 Å². The fraction of sp³-hybridized carbons (Fsp3) is 0.333. The number of nitrogens with one attached hydrogen (secondary N) is 2. The Kier molecular flexibility index (Phi) is 11.2. The van der Waals surface area contributed by atoms with Crippen LogP contribution in [0.2, 0.25) is 0 Å². The van der Waals surface area contributed by atoms with Gasteiger partial charge in [0.15, 0.2) is 9.84 Å². The van der Waals surface area contributed by atoms with Crippen molar-refractivity contribution in [3.8, 4) is 0 Å². The van der Waals surface area contributed by atoms with Crippen molar-refractivity contribution < 1.29 is 8.42 Å². The molecule has 2 aliphatic heterocycles. The lowest BCUT2D eigenvalue weighted by molar-refractivity contribution is 0.483. The Balaban J connectivity index is 0.771. The predicted octanol–water partition coefficient (Wildman–Crippen LogP) is 9.05. The van der Waals surface area contributed by atoms with E-state index >= 15 is 0 Å². The predicted molar refractivity (Wildman–Crippen MR) is 231 cm³/mol. The van der Waals surface area contributed by atoms with E-state index in [-0.39, 0.29) is 23.6 Å². The van der Waals surface area contributed by atoms with Crippen LogP contribution in [-0.2, 0) is 22.7 Å². The number of anilines is 2. The molecule has 6 aromatic rings. The highest BCUT2D eigenvalue weighted by molar-refractivity contribution is 7.91. The summed E-state index contributed by atoms with van der Waals surface area (Å²) in [6.45, 7) is 8.48. The molecule has 7 heteroatoms. The zero-order valence-electron chi connectivity index (χ0n) is 32.2. The lowest BCUT2D eigenvalue weighted by atomic mass is 9.99. The fourth-order valence-electron chi connectivity index (χ4n) is 8.80. The smallest absolute Gasteiger partial charge is 0.150 e. The van der Waals surface area contributed by atoms with Gasteiger partial charge in [0, 0.05) is 61.7 Å². The van der Waals surface area contributed by atoms with E-state index in [1.165, 1.54) is 44.0 Å². The highest BCUT2D eigenvalue weighted by atomic mass is 32.2. The first-order valence-corrected chi connectivity index (χ1v) is 22.0. The van der Waals surface area contributed by atoms with Crippen LogP contribution in [0, 0.1) is 0 Å². The van der Waals surface area contributed by atoms with Crippen molar-refractivity contribution in [3.05, 3.63) is 156 Å². The van der Waals surface area contributed by atoms with E-state index in [0.29, 0.717) is 24.9 Å². The second-order valence-electron chi connectivity index (χ2n) is 15.8. The summed E-state index contributed by atoms with van der Waals surface area (Å²) in [6.07, 6.45) is 3.27. The second kappa shape index (κ2) is 16.6. The number of nitrogens with zero attached hydrogens (tertiary/aromatic N) is 2. The van der Waals surface area contributed by atoms with Gasteiger partial charge in [0.25, 0.3) is 0 Å². The van der Waals surface area contributed by atoms with Gasteiger partial charge in [-0.15, -0.1) is 0 Å². The summed E-state index contributed by atoms with van der Waals surface area (Å²) in [6, 6.07) is 48.8. The Labute approximate surface area is 327 Å². The minimum Gasteiger partial charge on any atom is -0.370 e. The van der Waals surface area contributed by atoms with Crippen LogP contribution in [0.5, 0.6) is 0 Å². The highest BCUT2D eigenvalue weighted by Crippen LogP contribution is 2.29. The van der Waals surface area contributed by atoms with Crippen molar-refractivity contribution in [2.24, 2.45) is 0 Å². The molecular formula is C48H54N4O2S. The molecule has 0 amide bonds. The fourth-order valence-corrected chi connectivity index (χ4v) is 10.1. The number of rotatable bonds is 14.